The number of hydrogen-bond donors (Lipinski definition) is 1. The molecule has 21 heavy (non-hydrogen) atoms. The molecular weight excluding hydrogens is 309 g/mol. The molecule has 0 unspecified atom stereocenters. The van der Waals surface area contributed by atoms with Crippen molar-refractivity contribution < 1.29 is 9.53 Å². The minimum atomic E-state index is -0.256. The lowest BCUT2D eigenvalue weighted by atomic mass is 10.1. The number of halogens is 2. The number of nitrogens with one attached hydrogen (secondary N) is 1. The highest BCUT2D eigenvalue weighted by molar-refractivity contribution is 6.42. The monoisotopic (exact) mass is 323 g/mol. The fourth-order valence-electron chi connectivity index (χ4n) is 1.88. The Morgan fingerprint density at radius 2 is 1.86 bits per heavy atom. The molecule has 1 N–H and O–H groups in total. The number of ether oxygens (including phenoxy) is 1. The van der Waals surface area contributed by atoms with Gasteiger partial charge in [-0.25, -0.2) is 0 Å². The molecule has 0 aliphatic rings. The van der Waals surface area contributed by atoms with Gasteiger partial charge in [-0.15, -0.1) is 0 Å². The lowest BCUT2D eigenvalue weighted by molar-refractivity contribution is -0.118. The number of benzene rings is 2. The second-order valence-electron chi connectivity index (χ2n) is 4.73. The third-order valence-corrected chi connectivity index (χ3v) is 3.63. The van der Waals surface area contributed by atoms with Gasteiger partial charge in [0.1, 0.15) is 5.75 Å². The summed E-state index contributed by atoms with van der Waals surface area (Å²) in [5.74, 6) is 0.443. The molecule has 0 aliphatic carbocycles. The number of carbonyl (C=O) groups excluding carboxylic acids is 1. The van der Waals surface area contributed by atoms with Crippen molar-refractivity contribution in [3.63, 3.8) is 0 Å². The number of anilines is 1. The Labute approximate surface area is 133 Å². The van der Waals surface area contributed by atoms with Gasteiger partial charge in [-0.3, -0.25) is 4.79 Å². The normalized spacial score (nSPS) is 10.3. The van der Waals surface area contributed by atoms with E-state index >= 15 is 0 Å². The van der Waals surface area contributed by atoms with Gasteiger partial charge in [0, 0.05) is 5.69 Å². The number of amides is 1. The van der Waals surface area contributed by atoms with Crippen LogP contribution in [0.5, 0.6) is 5.75 Å². The molecule has 0 aromatic heterocycles. The van der Waals surface area contributed by atoms with Crippen LogP contribution in [-0.4, -0.2) is 12.5 Å². The summed E-state index contributed by atoms with van der Waals surface area (Å²) in [4.78, 5) is 11.8. The number of aryl methyl sites for hydroxylation is 2. The summed E-state index contributed by atoms with van der Waals surface area (Å²) in [6, 6.07) is 10.7. The third-order valence-electron chi connectivity index (χ3n) is 2.89. The predicted molar refractivity (Wildman–Crippen MR) is 86.5 cm³/mol. The first-order valence-corrected chi connectivity index (χ1v) is 7.16. The van der Waals surface area contributed by atoms with Crippen molar-refractivity contribution in [2.24, 2.45) is 0 Å². The topological polar surface area (TPSA) is 38.3 Å². The summed E-state index contributed by atoms with van der Waals surface area (Å²) in [6.45, 7) is 3.89. The standard InChI is InChI=1S/C16H15Cl2NO2/c1-10-3-6-15(11(2)7-10)21-9-16(20)19-12-4-5-13(17)14(18)8-12/h3-8H,9H2,1-2H3,(H,19,20). The Morgan fingerprint density at radius 1 is 1.10 bits per heavy atom. The van der Waals surface area contributed by atoms with Gasteiger partial charge >= 0.3 is 0 Å². The van der Waals surface area contributed by atoms with E-state index < -0.39 is 0 Å². The molecule has 0 radical (unpaired) electrons. The molecule has 5 heteroatoms. The molecule has 0 spiro atoms. The van der Waals surface area contributed by atoms with Crippen molar-refractivity contribution >= 4 is 34.8 Å². The predicted octanol–water partition coefficient (Wildman–Crippen LogP) is 4.63. The Balaban J connectivity index is 1.94. The number of rotatable bonds is 4. The Morgan fingerprint density at radius 3 is 2.52 bits per heavy atom. The first-order valence-electron chi connectivity index (χ1n) is 6.40. The average molecular weight is 324 g/mol. The Hall–Kier alpha value is -1.71. The minimum absolute atomic E-state index is 0.0653. The molecule has 0 atom stereocenters. The van der Waals surface area contributed by atoms with E-state index in [0.29, 0.717) is 21.5 Å². The fourth-order valence-corrected chi connectivity index (χ4v) is 2.17. The smallest absolute Gasteiger partial charge is 0.262 e. The van der Waals surface area contributed by atoms with Crippen LogP contribution in [0.15, 0.2) is 36.4 Å². The summed E-state index contributed by atoms with van der Waals surface area (Å²) in [6.07, 6.45) is 0. The van der Waals surface area contributed by atoms with Gasteiger partial charge in [-0.05, 0) is 43.7 Å². The van der Waals surface area contributed by atoms with Gasteiger partial charge in [-0.2, -0.15) is 0 Å². The first-order chi connectivity index (χ1) is 9.95. The van der Waals surface area contributed by atoms with Gasteiger partial charge < -0.3 is 10.1 Å². The highest BCUT2D eigenvalue weighted by Crippen LogP contribution is 2.25. The molecule has 2 aromatic carbocycles. The zero-order valence-corrected chi connectivity index (χ0v) is 13.3. The van der Waals surface area contributed by atoms with E-state index in [1.165, 1.54) is 0 Å². The van der Waals surface area contributed by atoms with Crippen molar-refractivity contribution in [2.75, 3.05) is 11.9 Å². The lowest BCUT2D eigenvalue weighted by Crippen LogP contribution is -2.20. The summed E-state index contributed by atoms with van der Waals surface area (Å²) >= 11 is 11.7. The summed E-state index contributed by atoms with van der Waals surface area (Å²) < 4.78 is 5.51. The van der Waals surface area contributed by atoms with E-state index in [9.17, 15) is 4.79 Å². The van der Waals surface area contributed by atoms with Gasteiger partial charge in [0.2, 0.25) is 0 Å². The number of hydrogen-bond acceptors (Lipinski definition) is 2. The van der Waals surface area contributed by atoms with Crippen LogP contribution < -0.4 is 10.1 Å². The van der Waals surface area contributed by atoms with Gasteiger partial charge in [0.05, 0.1) is 10.0 Å². The summed E-state index contributed by atoms with van der Waals surface area (Å²) in [7, 11) is 0. The van der Waals surface area contributed by atoms with Crippen molar-refractivity contribution in [2.45, 2.75) is 13.8 Å². The second kappa shape index (κ2) is 6.83. The Kier molecular flexibility index (Phi) is 5.10. The van der Waals surface area contributed by atoms with E-state index in [1.54, 1.807) is 18.2 Å². The van der Waals surface area contributed by atoms with Crippen LogP contribution >= 0.6 is 23.2 Å². The van der Waals surface area contributed by atoms with Crippen molar-refractivity contribution in [1.82, 2.24) is 0 Å². The van der Waals surface area contributed by atoms with Crippen LogP contribution in [0.4, 0.5) is 5.69 Å². The second-order valence-corrected chi connectivity index (χ2v) is 5.55. The molecular formula is C16H15Cl2NO2. The molecule has 0 saturated heterocycles. The van der Waals surface area contributed by atoms with Crippen LogP contribution in [0.2, 0.25) is 10.0 Å². The highest BCUT2D eigenvalue weighted by atomic mass is 35.5. The van der Waals surface area contributed by atoms with Crippen molar-refractivity contribution in [3.05, 3.63) is 57.6 Å². The third kappa shape index (κ3) is 4.38. The molecule has 2 rings (SSSR count). The van der Waals surface area contributed by atoms with Crippen LogP contribution in [0.3, 0.4) is 0 Å². The van der Waals surface area contributed by atoms with Gasteiger partial charge in [-0.1, -0.05) is 40.9 Å². The maximum Gasteiger partial charge on any atom is 0.262 e. The SMILES string of the molecule is Cc1ccc(OCC(=O)Nc2ccc(Cl)c(Cl)c2)c(C)c1. The van der Waals surface area contributed by atoms with Gasteiger partial charge in [0.15, 0.2) is 6.61 Å². The van der Waals surface area contributed by atoms with Crippen molar-refractivity contribution in [1.29, 1.82) is 0 Å². The largest absolute Gasteiger partial charge is 0.483 e. The molecule has 0 saturated carbocycles. The van der Waals surface area contributed by atoms with Crippen LogP contribution in [-0.2, 0) is 4.79 Å². The zero-order chi connectivity index (χ0) is 15.4. The average Bonchev–Trinajstić information content (AvgIpc) is 2.42. The first kappa shape index (κ1) is 15.7. The zero-order valence-electron chi connectivity index (χ0n) is 11.7. The van der Waals surface area contributed by atoms with E-state index in [2.05, 4.69) is 5.32 Å². The van der Waals surface area contributed by atoms with Gasteiger partial charge in [0.25, 0.3) is 5.91 Å². The van der Waals surface area contributed by atoms with E-state index in [1.807, 2.05) is 32.0 Å². The lowest BCUT2D eigenvalue weighted by Gasteiger charge is -2.10. The molecule has 0 bridgehead atoms. The minimum Gasteiger partial charge on any atom is -0.483 e. The molecule has 110 valence electrons. The van der Waals surface area contributed by atoms with Crippen LogP contribution in [0.25, 0.3) is 0 Å². The molecule has 1 amide bonds. The maximum atomic E-state index is 11.8. The Bertz CT molecular complexity index is 671. The highest BCUT2D eigenvalue weighted by Gasteiger charge is 2.07. The van der Waals surface area contributed by atoms with Crippen molar-refractivity contribution in [3.8, 4) is 5.75 Å². The summed E-state index contributed by atoms with van der Waals surface area (Å²) in [5, 5.41) is 3.54. The molecule has 0 heterocycles. The molecule has 3 nitrogen and oxygen atoms in total. The number of carbonyl (C=O) groups is 1. The van der Waals surface area contributed by atoms with E-state index in [-0.39, 0.29) is 12.5 Å². The molecule has 0 fully saturated rings. The van der Waals surface area contributed by atoms with E-state index in [0.717, 1.165) is 11.1 Å². The van der Waals surface area contributed by atoms with Crippen LogP contribution in [0, 0.1) is 13.8 Å². The van der Waals surface area contributed by atoms with E-state index in [4.69, 9.17) is 27.9 Å². The maximum absolute atomic E-state index is 11.8. The molecule has 0 aliphatic heterocycles. The van der Waals surface area contributed by atoms with Crippen LogP contribution in [0.1, 0.15) is 11.1 Å². The quantitative estimate of drug-likeness (QED) is 0.890. The summed E-state index contributed by atoms with van der Waals surface area (Å²) in [5.41, 5.74) is 2.73. The molecule has 2 aromatic rings. The fraction of sp³-hybridized carbons (Fsp3) is 0.188.